The van der Waals surface area contributed by atoms with Crippen LogP contribution in [0.3, 0.4) is 0 Å². The van der Waals surface area contributed by atoms with E-state index in [1.54, 1.807) is 0 Å². The monoisotopic (exact) mass is 295 g/mol. The highest BCUT2D eigenvalue weighted by Gasteiger charge is 2.23. The minimum absolute atomic E-state index is 0.128. The van der Waals surface area contributed by atoms with Gasteiger partial charge in [-0.25, -0.2) is 18.6 Å². The minimum atomic E-state index is -2.83. The van der Waals surface area contributed by atoms with E-state index in [9.17, 15) is 13.6 Å². The summed E-state index contributed by atoms with van der Waals surface area (Å²) >= 11 is 3.00. The number of pyridine rings is 1. The fraction of sp³-hybridized carbons (Fsp3) is 0.333. The molecule has 0 aliphatic heterocycles. The highest BCUT2D eigenvalue weighted by molar-refractivity contribution is 9.10. The number of rotatable bonds is 3. The molecule has 0 aliphatic carbocycles. The summed E-state index contributed by atoms with van der Waals surface area (Å²) in [5.41, 5.74) is -0.947. The third kappa shape index (κ3) is 2.46. The molecule has 88 valence electrons. The minimum Gasteiger partial charge on any atom is -0.494 e. The molecule has 0 bridgehead atoms. The summed E-state index contributed by atoms with van der Waals surface area (Å²) in [4.78, 5) is 14.9. The lowest BCUT2D eigenvalue weighted by Gasteiger charge is -2.09. The van der Waals surface area contributed by atoms with Gasteiger partial charge in [0.25, 0.3) is 6.43 Å². The average Bonchev–Trinajstić information content (AvgIpc) is 2.27. The zero-order valence-electron chi connectivity index (χ0n) is 8.46. The molecule has 0 N–H and O–H groups in total. The Morgan fingerprint density at radius 3 is 2.56 bits per heavy atom. The van der Waals surface area contributed by atoms with E-state index < -0.39 is 23.7 Å². The van der Waals surface area contributed by atoms with Gasteiger partial charge in [-0.05, 0) is 22.0 Å². The summed E-state index contributed by atoms with van der Waals surface area (Å²) in [6, 6.07) is 1.05. The topological polar surface area (TPSA) is 48.4 Å². The first-order valence-corrected chi connectivity index (χ1v) is 4.91. The molecule has 7 heteroatoms. The quantitative estimate of drug-likeness (QED) is 0.635. The van der Waals surface area contributed by atoms with Gasteiger partial charge in [0.05, 0.1) is 19.8 Å². The van der Waals surface area contributed by atoms with Crippen LogP contribution in [0.1, 0.15) is 22.5 Å². The first kappa shape index (κ1) is 12.8. The number of methoxy groups -OCH3 is 2. The molecule has 0 amide bonds. The first-order chi connectivity index (χ1) is 7.51. The molecule has 0 unspecified atom stereocenters. The van der Waals surface area contributed by atoms with Crippen LogP contribution in [-0.2, 0) is 4.74 Å². The van der Waals surface area contributed by atoms with E-state index in [0.29, 0.717) is 0 Å². The van der Waals surface area contributed by atoms with Gasteiger partial charge >= 0.3 is 5.97 Å². The van der Waals surface area contributed by atoms with Crippen LogP contribution in [0, 0.1) is 0 Å². The highest BCUT2D eigenvalue weighted by Crippen LogP contribution is 2.31. The Kier molecular flexibility index (Phi) is 4.17. The fourth-order valence-corrected chi connectivity index (χ4v) is 1.51. The van der Waals surface area contributed by atoms with E-state index in [1.807, 2.05) is 0 Å². The molecule has 4 nitrogen and oxygen atoms in total. The second kappa shape index (κ2) is 5.20. The number of hydrogen-bond acceptors (Lipinski definition) is 4. The summed E-state index contributed by atoms with van der Waals surface area (Å²) < 4.78 is 34.6. The van der Waals surface area contributed by atoms with Crippen molar-refractivity contribution in [2.24, 2.45) is 0 Å². The molecule has 1 rings (SSSR count). The molecule has 0 radical (unpaired) electrons. The van der Waals surface area contributed by atoms with Gasteiger partial charge < -0.3 is 9.47 Å². The average molecular weight is 296 g/mol. The van der Waals surface area contributed by atoms with E-state index in [0.717, 1.165) is 13.2 Å². The third-order valence-corrected chi connectivity index (χ3v) is 2.38. The predicted octanol–water partition coefficient (Wildman–Crippen LogP) is 2.58. The lowest BCUT2D eigenvalue weighted by atomic mass is 10.2. The van der Waals surface area contributed by atoms with Gasteiger partial charge in [0.1, 0.15) is 4.60 Å². The van der Waals surface area contributed by atoms with E-state index in [4.69, 9.17) is 4.74 Å². The van der Waals surface area contributed by atoms with Crippen LogP contribution in [0.2, 0.25) is 0 Å². The summed E-state index contributed by atoms with van der Waals surface area (Å²) in [5.74, 6) is -0.790. The second-order valence-electron chi connectivity index (χ2n) is 2.71. The molecule has 0 saturated heterocycles. The maximum Gasteiger partial charge on any atom is 0.357 e. The number of ether oxygens (including phenoxy) is 2. The van der Waals surface area contributed by atoms with Crippen molar-refractivity contribution in [1.82, 2.24) is 4.98 Å². The molecular weight excluding hydrogens is 288 g/mol. The van der Waals surface area contributed by atoms with Gasteiger partial charge in [-0.1, -0.05) is 0 Å². The van der Waals surface area contributed by atoms with Gasteiger partial charge in [-0.15, -0.1) is 0 Å². The van der Waals surface area contributed by atoms with Crippen molar-refractivity contribution in [3.05, 3.63) is 21.9 Å². The van der Waals surface area contributed by atoms with Crippen molar-refractivity contribution in [2.45, 2.75) is 6.43 Å². The van der Waals surface area contributed by atoms with Crippen molar-refractivity contribution >= 4 is 21.9 Å². The number of alkyl halides is 2. The molecule has 0 spiro atoms. The van der Waals surface area contributed by atoms with E-state index in [1.165, 1.54) is 7.11 Å². The molecule has 1 aromatic rings. The number of esters is 1. The van der Waals surface area contributed by atoms with Crippen LogP contribution in [0.25, 0.3) is 0 Å². The van der Waals surface area contributed by atoms with Crippen molar-refractivity contribution < 1.29 is 23.0 Å². The Balaban J connectivity index is 3.36. The summed E-state index contributed by atoms with van der Waals surface area (Å²) in [6.45, 7) is 0. The van der Waals surface area contributed by atoms with Crippen LogP contribution in [0.4, 0.5) is 8.78 Å². The lowest BCUT2D eigenvalue weighted by Crippen LogP contribution is -2.10. The van der Waals surface area contributed by atoms with Crippen LogP contribution in [-0.4, -0.2) is 25.2 Å². The van der Waals surface area contributed by atoms with Gasteiger partial charge in [0.2, 0.25) is 0 Å². The SMILES string of the molecule is COC(=O)c1nc(Br)c(OC)cc1C(F)F. The number of aromatic nitrogens is 1. The normalized spacial score (nSPS) is 10.4. The van der Waals surface area contributed by atoms with Crippen molar-refractivity contribution in [2.75, 3.05) is 14.2 Å². The molecule has 0 aliphatic rings. The Hall–Kier alpha value is -1.24. The van der Waals surface area contributed by atoms with E-state index in [2.05, 4.69) is 25.7 Å². The van der Waals surface area contributed by atoms with Crippen molar-refractivity contribution in [3.63, 3.8) is 0 Å². The van der Waals surface area contributed by atoms with Gasteiger partial charge in [0, 0.05) is 0 Å². The number of hydrogen-bond donors (Lipinski definition) is 0. The molecule has 0 atom stereocenters. The molecule has 1 aromatic heterocycles. The summed E-state index contributed by atoms with van der Waals surface area (Å²) in [6.07, 6.45) is -2.83. The third-order valence-electron chi connectivity index (χ3n) is 1.81. The smallest absolute Gasteiger partial charge is 0.357 e. The molecule has 16 heavy (non-hydrogen) atoms. The van der Waals surface area contributed by atoms with Crippen molar-refractivity contribution in [3.8, 4) is 5.75 Å². The zero-order valence-corrected chi connectivity index (χ0v) is 10.0. The van der Waals surface area contributed by atoms with E-state index >= 15 is 0 Å². The van der Waals surface area contributed by atoms with Gasteiger partial charge in [-0.2, -0.15) is 0 Å². The van der Waals surface area contributed by atoms with Gasteiger partial charge in [-0.3, -0.25) is 0 Å². The maximum absolute atomic E-state index is 12.7. The molecule has 0 fully saturated rings. The van der Waals surface area contributed by atoms with Crippen LogP contribution >= 0.6 is 15.9 Å². The first-order valence-electron chi connectivity index (χ1n) is 4.12. The number of halogens is 3. The van der Waals surface area contributed by atoms with Gasteiger partial charge in [0.15, 0.2) is 11.4 Å². The maximum atomic E-state index is 12.7. The summed E-state index contributed by atoms with van der Waals surface area (Å²) in [5, 5.41) is 0. The molecular formula is C9H8BrF2NO3. The largest absolute Gasteiger partial charge is 0.494 e. The summed E-state index contributed by atoms with van der Waals surface area (Å²) in [7, 11) is 2.41. The Labute approximate surface area is 98.7 Å². The Bertz CT molecular complexity index is 412. The Morgan fingerprint density at radius 2 is 2.12 bits per heavy atom. The van der Waals surface area contributed by atoms with E-state index in [-0.39, 0.29) is 10.4 Å². The lowest BCUT2D eigenvalue weighted by molar-refractivity contribution is 0.0581. The molecule has 1 heterocycles. The fourth-order valence-electron chi connectivity index (χ4n) is 1.06. The molecule has 0 saturated carbocycles. The zero-order chi connectivity index (χ0) is 12.3. The van der Waals surface area contributed by atoms with Crippen LogP contribution < -0.4 is 4.74 Å². The standard InChI is InChI=1S/C9H8BrF2NO3/c1-15-5-3-4(8(11)12)6(9(14)16-2)13-7(5)10/h3,8H,1-2H3. The highest BCUT2D eigenvalue weighted by atomic mass is 79.9. The van der Waals surface area contributed by atoms with Crippen molar-refractivity contribution in [1.29, 1.82) is 0 Å². The molecule has 0 aromatic carbocycles. The van der Waals surface area contributed by atoms with Crippen LogP contribution in [0.5, 0.6) is 5.75 Å². The predicted molar refractivity (Wildman–Crippen MR) is 54.8 cm³/mol. The number of nitrogens with zero attached hydrogens (tertiary/aromatic N) is 1. The Morgan fingerprint density at radius 1 is 1.50 bits per heavy atom. The number of carbonyl (C=O) groups is 1. The van der Waals surface area contributed by atoms with Crippen LogP contribution in [0.15, 0.2) is 10.7 Å². The second-order valence-corrected chi connectivity index (χ2v) is 3.46. The number of carbonyl (C=O) groups excluding carboxylic acids is 1.